The van der Waals surface area contributed by atoms with Gasteiger partial charge >= 0.3 is 0 Å². The van der Waals surface area contributed by atoms with Crippen molar-refractivity contribution in [2.75, 3.05) is 27.4 Å². The number of carbonyl (C=O) groups excluding carboxylic acids is 3. The summed E-state index contributed by atoms with van der Waals surface area (Å²) in [7, 11) is 0. The lowest BCUT2D eigenvalue weighted by atomic mass is 10.0. The highest BCUT2D eigenvalue weighted by atomic mass is 32.2. The van der Waals surface area contributed by atoms with Gasteiger partial charge in [-0.15, -0.1) is 11.8 Å². The molecule has 35 heavy (non-hydrogen) atoms. The summed E-state index contributed by atoms with van der Waals surface area (Å²) in [5.41, 5.74) is 1.58. The van der Waals surface area contributed by atoms with E-state index in [1.165, 1.54) is 28.0 Å². The molecule has 2 aliphatic heterocycles. The van der Waals surface area contributed by atoms with Crippen LogP contribution in [0.1, 0.15) is 11.1 Å². The van der Waals surface area contributed by atoms with Crippen LogP contribution in [-0.4, -0.2) is 30.0 Å². The van der Waals surface area contributed by atoms with Crippen molar-refractivity contribution in [2.45, 2.75) is 11.8 Å². The number of anilines is 3. The zero-order valence-corrected chi connectivity index (χ0v) is 19.2. The molecule has 1 saturated heterocycles. The fraction of sp³-hybridized carbons (Fsp3) is 0.160. The molecule has 178 valence electrons. The van der Waals surface area contributed by atoms with Gasteiger partial charge in [0.05, 0.1) is 17.1 Å². The highest BCUT2D eigenvalue weighted by Gasteiger charge is 2.61. The number of rotatable bonds is 4. The number of nitrogens with zero attached hydrogens (tertiary/aromatic N) is 2. The van der Waals surface area contributed by atoms with Crippen molar-refractivity contribution in [2.24, 2.45) is 0 Å². The molecule has 0 bridgehead atoms. The summed E-state index contributed by atoms with van der Waals surface area (Å²) in [5, 5.41) is 2.29. The standard InChI is InChI=1S/C25H18F3N3O3S/c1-14-5-8-21-18(9-14)25(31(23(33)13-35-25)17-4-2-3-15(26)10-17)24(34)30(21)12-22(32)29-20-11-16(27)6-7-19(20)28/h2-11H,12-13H2,1H3,(H,29,32)/t25-/m1/s1. The Bertz CT molecular complexity index is 1400. The molecule has 0 unspecified atom stereocenters. The lowest BCUT2D eigenvalue weighted by Crippen LogP contribution is -2.51. The van der Waals surface area contributed by atoms with Gasteiger partial charge in [0, 0.05) is 17.3 Å². The Morgan fingerprint density at radius 1 is 1.03 bits per heavy atom. The second-order valence-electron chi connectivity index (χ2n) is 8.23. The largest absolute Gasteiger partial charge is 0.322 e. The van der Waals surface area contributed by atoms with E-state index in [2.05, 4.69) is 5.32 Å². The first kappa shape index (κ1) is 23.0. The molecule has 1 atom stereocenters. The van der Waals surface area contributed by atoms with Gasteiger partial charge in [-0.2, -0.15) is 0 Å². The van der Waals surface area contributed by atoms with E-state index < -0.39 is 40.7 Å². The van der Waals surface area contributed by atoms with Crippen LogP contribution in [0.2, 0.25) is 0 Å². The SMILES string of the molecule is Cc1ccc2c(c1)[C@@]1(SCC(=O)N1c1cccc(F)c1)C(=O)N2CC(=O)Nc1cc(F)ccc1F. The van der Waals surface area contributed by atoms with Gasteiger partial charge in [-0.3, -0.25) is 24.2 Å². The molecule has 10 heteroatoms. The van der Waals surface area contributed by atoms with Crippen molar-refractivity contribution >= 4 is 46.5 Å². The topological polar surface area (TPSA) is 69.7 Å². The summed E-state index contributed by atoms with van der Waals surface area (Å²) >= 11 is 1.09. The first-order valence-corrected chi connectivity index (χ1v) is 11.6. The highest BCUT2D eigenvalue weighted by molar-refractivity contribution is 8.02. The number of benzene rings is 3. The van der Waals surface area contributed by atoms with Crippen molar-refractivity contribution in [1.29, 1.82) is 0 Å². The molecule has 3 aromatic carbocycles. The summed E-state index contributed by atoms with van der Waals surface area (Å²) < 4.78 is 41.6. The Morgan fingerprint density at radius 2 is 1.80 bits per heavy atom. The Kier molecular flexibility index (Phi) is 5.55. The summed E-state index contributed by atoms with van der Waals surface area (Å²) in [6.45, 7) is 1.33. The minimum absolute atomic E-state index is 0.0236. The first-order chi connectivity index (χ1) is 16.7. The molecule has 0 aliphatic carbocycles. The number of carbonyl (C=O) groups is 3. The van der Waals surface area contributed by atoms with Crippen LogP contribution in [0.4, 0.5) is 30.2 Å². The number of thioether (sulfide) groups is 1. The number of hydrogen-bond donors (Lipinski definition) is 1. The van der Waals surface area contributed by atoms with Gasteiger partial charge in [-0.25, -0.2) is 13.2 Å². The van der Waals surface area contributed by atoms with E-state index in [1.54, 1.807) is 24.3 Å². The van der Waals surface area contributed by atoms with E-state index in [-0.39, 0.29) is 23.0 Å². The molecule has 5 rings (SSSR count). The average Bonchev–Trinajstić information content (AvgIpc) is 3.27. The number of amides is 3. The quantitative estimate of drug-likeness (QED) is 0.583. The maximum absolute atomic E-state index is 14.0. The molecule has 1 fully saturated rings. The van der Waals surface area contributed by atoms with Crippen molar-refractivity contribution in [1.82, 2.24) is 0 Å². The highest BCUT2D eigenvalue weighted by Crippen LogP contribution is 2.55. The maximum Gasteiger partial charge on any atom is 0.269 e. The van der Waals surface area contributed by atoms with Crippen LogP contribution in [0.3, 0.4) is 0 Å². The lowest BCUT2D eigenvalue weighted by molar-refractivity contribution is -0.124. The van der Waals surface area contributed by atoms with Gasteiger partial charge in [-0.1, -0.05) is 23.8 Å². The fourth-order valence-electron chi connectivity index (χ4n) is 4.42. The summed E-state index contributed by atoms with van der Waals surface area (Å²) in [4.78, 5) is 40.6. The number of hydrogen-bond acceptors (Lipinski definition) is 4. The zero-order valence-electron chi connectivity index (χ0n) is 18.3. The third kappa shape index (κ3) is 3.74. The molecular formula is C25H18F3N3O3S. The first-order valence-electron chi connectivity index (χ1n) is 10.6. The second-order valence-corrected chi connectivity index (χ2v) is 9.39. The van der Waals surface area contributed by atoms with Crippen LogP contribution in [0.15, 0.2) is 60.7 Å². The summed E-state index contributed by atoms with van der Waals surface area (Å²) in [6.07, 6.45) is 0. The van der Waals surface area contributed by atoms with Gasteiger partial charge in [0.15, 0.2) is 0 Å². The van der Waals surface area contributed by atoms with Crippen LogP contribution >= 0.6 is 11.8 Å². The van der Waals surface area contributed by atoms with Crippen LogP contribution in [0.5, 0.6) is 0 Å². The van der Waals surface area contributed by atoms with E-state index >= 15 is 0 Å². The summed E-state index contributed by atoms with van der Waals surface area (Å²) in [6, 6.07) is 13.2. The smallest absolute Gasteiger partial charge is 0.269 e. The molecule has 3 aromatic rings. The Hall–Kier alpha value is -3.79. The molecule has 0 aromatic heterocycles. The fourth-order valence-corrected chi connectivity index (χ4v) is 5.77. The molecule has 0 radical (unpaired) electrons. The number of nitrogens with one attached hydrogen (secondary N) is 1. The third-order valence-electron chi connectivity index (χ3n) is 5.88. The van der Waals surface area contributed by atoms with Gasteiger partial charge < -0.3 is 5.32 Å². The molecular weight excluding hydrogens is 479 g/mol. The van der Waals surface area contributed by atoms with Gasteiger partial charge in [-0.05, 0) is 43.3 Å². The van der Waals surface area contributed by atoms with Crippen LogP contribution < -0.4 is 15.1 Å². The molecule has 3 amide bonds. The van der Waals surface area contributed by atoms with E-state index in [4.69, 9.17) is 0 Å². The third-order valence-corrected chi connectivity index (χ3v) is 7.27. The molecule has 1 spiro atoms. The van der Waals surface area contributed by atoms with Crippen molar-refractivity contribution < 1.29 is 27.6 Å². The monoisotopic (exact) mass is 497 g/mol. The van der Waals surface area contributed by atoms with Crippen LogP contribution in [0.25, 0.3) is 0 Å². The molecule has 2 heterocycles. The van der Waals surface area contributed by atoms with Gasteiger partial charge in [0.25, 0.3) is 5.91 Å². The molecule has 6 nitrogen and oxygen atoms in total. The lowest BCUT2D eigenvalue weighted by Gasteiger charge is -2.33. The second kappa shape index (κ2) is 8.46. The minimum atomic E-state index is -1.53. The maximum atomic E-state index is 14.0. The average molecular weight is 497 g/mol. The Balaban J connectivity index is 1.55. The van der Waals surface area contributed by atoms with Gasteiger partial charge in [0.2, 0.25) is 16.7 Å². The number of fused-ring (bicyclic) bond motifs is 2. The van der Waals surface area contributed by atoms with Crippen LogP contribution in [0, 0.1) is 24.4 Å². The van der Waals surface area contributed by atoms with Crippen LogP contribution in [-0.2, 0) is 19.3 Å². The van der Waals surface area contributed by atoms with Crippen molar-refractivity contribution in [3.05, 3.63) is 89.2 Å². The van der Waals surface area contributed by atoms with Crippen molar-refractivity contribution in [3.63, 3.8) is 0 Å². The molecule has 2 aliphatic rings. The molecule has 0 saturated carbocycles. The van der Waals surface area contributed by atoms with E-state index in [9.17, 15) is 27.6 Å². The molecule has 1 N–H and O–H groups in total. The minimum Gasteiger partial charge on any atom is -0.322 e. The predicted octanol–water partition coefficient (Wildman–Crippen LogP) is 4.33. The Morgan fingerprint density at radius 3 is 2.57 bits per heavy atom. The van der Waals surface area contributed by atoms with Gasteiger partial charge in [0.1, 0.15) is 24.0 Å². The normalized spacial score (nSPS) is 19.0. The van der Waals surface area contributed by atoms with Crippen molar-refractivity contribution in [3.8, 4) is 0 Å². The van der Waals surface area contributed by atoms with E-state index in [1.807, 2.05) is 6.92 Å². The zero-order chi connectivity index (χ0) is 24.9. The predicted molar refractivity (Wildman–Crippen MR) is 127 cm³/mol. The summed E-state index contributed by atoms with van der Waals surface area (Å²) in [5.74, 6) is -3.84. The van der Waals surface area contributed by atoms with E-state index in [0.717, 1.165) is 35.5 Å². The number of aryl methyl sites for hydroxylation is 1. The Labute approximate surface area is 202 Å². The van der Waals surface area contributed by atoms with E-state index in [0.29, 0.717) is 11.3 Å². The number of halogens is 3.